The molecule has 41 heavy (non-hydrogen) atoms. The van der Waals surface area contributed by atoms with E-state index in [0.29, 0.717) is 6.42 Å². The van der Waals surface area contributed by atoms with Crippen LogP contribution < -0.4 is 27.2 Å². The van der Waals surface area contributed by atoms with Gasteiger partial charge in [0.25, 0.3) is 0 Å². The van der Waals surface area contributed by atoms with Crippen molar-refractivity contribution in [2.24, 2.45) is 0 Å². The number of aliphatic carboxylic acids is 1. The molecule has 1 aliphatic rings. The molecule has 3 N–H and O–H groups in total. The number of fused-ring (bicyclic) bond motifs is 2. The Morgan fingerprint density at radius 2 is 1.78 bits per heavy atom. The molecule has 0 atom stereocenters. The monoisotopic (exact) mass is 596 g/mol. The summed E-state index contributed by atoms with van der Waals surface area (Å²) in [7, 11) is -4.33. The van der Waals surface area contributed by atoms with Crippen LogP contribution >= 0.6 is 7.60 Å². The second kappa shape index (κ2) is 13.6. The van der Waals surface area contributed by atoms with Crippen LogP contribution in [0.5, 0.6) is 0 Å². The molecule has 0 saturated heterocycles. The van der Waals surface area contributed by atoms with E-state index in [4.69, 9.17) is 5.11 Å². The molecule has 9 heteroatoms. The van der Waals surface area contributed by atoms with Crippen LogP contribution in [0.3, 0.4) is 0 Å². The SMILES string of the molecule is CCN1C(=CC=CC=Cc2cc[n+](CCCCCC(=O)O)c3ccccc23)C(C)(C)c2cc(P(=O)(O)O)ccc21.[Cl-]. The van der Waals surface area contributed by atoms with E-state index < -0.39 is 19.0 Å². The van der Waals surface area contributed by atoms with Crippen LogP contribution in [0.25, 0.3) is 17.0 Å². The summed E-state index contributed by atoms with van der Waals surface area (Å²) in [6.45, 7) is 7.83. The summed E-state index contributed by atoms with van der Waals surface area (Å²) < 4.78 is 14.1. The molecular weight excluding hydrogens is 559 g/mol. The van der Waals surface area contributed by atoms with Crippen molar-refractivity contribution in [1.82, 2.24) is 0 Å². The number of rotatable bonds is 11. The van der Waals surface area contributed by atoms with Crippen LogP contribution in [0.4, 0.5) is 5.69 Å². The Balaban J connectivity index is 0.00000462. The van der Waals surface area contributed by atoms with Crippen LogP contribution in [-0.4, -0.2) is 27.4 Å². The van der Waals surface area contributed by atoms with Gasteiger partial charge in [0, 0.05) is 48.3 Å². The van der Waals surface area contributed by atoms with E-state index in [1.165, 1.54) is 6.07 Å². The zero-order valence-electron chi connectivity index (χ0n) is 23.7. The van der Waals surface area contributed by atoms with Gasteiger partial charge < -0.3 is 32.2 Å². The number of carboxylic acid groups (broad SMARTS) is 1. The van der Waals surface area contributed by atoms with Gasteiger partial charge in [0.05, 0.1) is 10.7 Å². The van der Waals surface area contributed by atoms with Gasteiger partial charge in [0.2, 0.25) is 5.52 Å². The molecule has 0 unspecified atom stereocenters. The summed E-state index contributed by atoms with van der Waals surface area (Å²) in [5, 5.41) is 10.0. The second-order valence-corrected chi connectivity index (χ2v) is 12.2. The van der Waals surface area contributed by atoms with Gasteiger partial charge in [-0.2, -0.15) is 4.57 Å². The average molecular weight is 597 g/mol. The standard InChI is InChI=1S/C32H37N2O5P.ClH/c1-4-34-29-19-18-25(40(37,38)39)23-27(29)32(2,3)30(34)16-8-5-7-13-24-20-22-33(21-12-6-9-17-31(35)36)28-15-11-10-14-26(24)28;/h5,7-8,10-11,13-16,18-20,22-23H,4,6,9,12,17,21H2,1-3H3,(H2-,35,36,37,38,39);1H. The maximum Gasteiger partial charge on any atom is 0.356 e. The number of unbranched alkanes of at least 4 members (excludes halogenated alkanes) is 2. The normalized spacial score (nSPS) is 15.6. The van der Waals surface area contributed by atoms with Crippen molar-refractivity contribution in [2.75, 3.05) is 11.4 Å². The van der Waals surface area contributed by atoms with Crippen LogP contribution in [0.2, 0.25) is 0 Å². The quantitative estimate of drug-likeness (QED) is 0.136. The fourth-order valence-corrected chi connectivity index (χ4v) is 6.01. The van der Waals surface area contributed by atoms with Crippen LogP contribution in [-0.2, 0) is 21.3 Å². The van der Waals surface area contributed by atoms with Gasteiger partial charge in [0.15, 0.2) is 6.20 Å². The minimum Gasteiger partial charge on any atom is -1.00 e. The van der Waals surface area contributed by atoms with Gasteiger partial charge in [0.1, 0.15) is 6.54 Å². The lowest BCUT2D eigenvalue weighted by molar-refractivity contribution is -0.671. The number of anilines is 1. The number of nitrogens with zero attached hydrogens (tertiary/aromatic N) is 2. The van der Waals surface area contributed by atoms with Gasteiger partial charge in [-0.05, 0) is 61.2 Å². The number of halogens is 1. The van der Waals surface area contributed by atoms with E-state index in [2.05, 4.69) is 66.8 Å². The van der Waals surface area contributed by atoms with Crippen molar-refractivity contribution < 1.29 is 41.2 Å². The van der Waals surface area contributed by atoms with Crippen molar-refractivity contribution in [2.45, 2.75) is 58.4 Å². The smallest absolute Gasteiger partial charge is 0.356 e. The molecular formula is C32H38ClN2O5P. The van der Waals surface area contributed by atoms with E-state index in [-0.39, 0.29) is 24.1 Å². The molecule has 7 nitrogen and oxygen atoms in total. The lowest BCUT2D eigenvalue weighted by Gasteiger charge is -2.25. The maximum absolute atomic E-state index is 11.9. The summed E-state index contributed by atoms with van der Waals surface area (Å²) in [6.07, 6.45) is 15.0. The predicted octanol–water partition coefficient (Wildman–Crippen LogP) is 2.85. The van der Waals surface area contributed by atoms with Crippen molar-refractivity contribution in [1.29, 1.82) is 0 Å². The highest BCUT2D eigenvalue weighted by atomic mass is 35.5. The van der Waals surface area contributed by atoms with Crippen molar-refractivity contribution in [3.8, 4) is 0 Å². The topological polar surface area (TPSA) is 102 Å². The molecule has 1 aromatic heterocycles. The Morgan fingerprint density at radius 1 is 1.02 bits per heavy atom. The Kier molecular flexibility index (Phi) is 10.7. The van der Waals surface area contributed by atoms with Gasteiger partial charge in [-0.1, -0.05) is 50.3 Å². The van der Waals surface area contributed by atoms with Gasteiger partial charge in [-0.3, -0.25) is 9.36 Å². The molecule has 3 aromatic rings. The molecule has 1 aliphatic heterocycles. The summed E-state index contributed by atoms with van der Waals surface area (Å²) in [6, 6.07) is 15.4. The average Bonchev–Trinajstić information content (AvgIpc) is 3.13. The highest BCUT2D eigenvalue weighted by Gasteiger charge is 2.40. The third-order valence-corrected chi connectivity index (χ3v) is 8.48. The van der Waals surface area contributed by atoms with E-state index in [9.17, 15) is 19.1 Å². The molecule has 4 rings (SSSR count). The van der Waals surface area contributed by atoms with Crippen LogP contribution in [0.1, 0.15) is 57.6 Å². The Hall–Kier alpha value is -3.22. The predicted molar refractivity (Wildman–Crippen MR) is 161 cm³/mol. The number of hydrogen-bond donors (Lipinski definition) is 3. The lowest BCUT2D eigenvalue weighted by Crippen LogP contribution is -3.00. The highest BCUT2D eigenvalue weighted by Crippen LogP contribution is 2.48. The fourth-order valence-electron chi connectivity index (χ4n) is 5.44. The van der Waals surface area contributed by atoms with Crippen molar-refractivity contribution in [3.63, 3.8) is 0 Å². The summed E-state index contributed by atoms with van der Waals surface area (Å²) in [4.78, 5) is 32.3. The lowest BCUT2D eigenvalue weighted by atomic mass is 9.83. The number of benzene rings is 2. The molecule has 0 radical (unpaired) electrons. The zero-order chi connectivity index (χ0) is 28.9. The number of aryl methyl sites for hydroxylation is 1. The number of likely N-dealkylation sites (N-methyl/N-ethyl adjacent to an activating group) is 1. The molecule has 2 heterocycles. The van der Waals surface area contributed by atoms with Gasteiger partial charge in [-0.15, -0.1) is 0 Å². The number of carboxylic acids is 1. The largest absolute Gasteiger partial charge is 1.00 e. The number of carbonyl (C=O) groups is 1. The number of pyridine rings is 1. The minimum atomic E-state index is -4.33. The third kappa shape index (κ3) is 7.35. The molecule has 0 bridgehead atoms. The number of hydrogen-bond acceptors (Lipinski definition) is 3. The number of para-hydroxylation sites is 1. The Bertz CT molecular complexity index is 1540. The van der Waals surface area contributed by atoms with Crippen LogP contribution in [0, 0.1) is 0 Å². The molecule has 0 saturated carbocycles. The maximum atomic E-state index is 11.9. The van der Waals surface area contributed by atoms with E-state index >= 15 is 0 Å². The second-order valence-electron chi connectivity index (χ2n) is 10.6. The number of aromatic nitrogens is 1. The van der Waals surface area contributed by atoms with E-state index in [1.807, 2.05) is 36.4 Å². The highest BCUT2D eigenvalue weighted by molar-refractivity contribution is 7.60. The first-order valence-corrected chi connectivity index (χ1v) is 15.3. The van der Waals surface area contributed by atoms with E-state index in [0.717, 1.165) is 59.3 Å². The molecule has 2 aromatic carbocycles. The van der Waals surface area contributed by atoms with Gasteiger partial charge in [-0.25, -0.2) is 0 Å². The Labute approximate surface area is 248 Å². The first-order chi connectivity index (χ1) is 19.0. The zero-order valence-corrected chi connectivity index (χ0v) is 25.4. The Morgan fingerprint density at radius 3 is 2.49 bits per heavy atom. The first-order valence-electron chi connectivity index (χ1n) is 13.7. The molecule has 0 fully saturated rings. The minimum absolute atomic E-state index is 0. The van der Waals surface area contributed by atoms with Crippen LogP contribution in [0.15, 0.2) is 84.7 Å². The van der Waals surface area contributed by atoms with Crippen molar-refractivity contribution in [3.05, 3.63) is 95.9 Å². The fraction of sp³-hybridized carbons (Fsp3) is 0.312. The molecule has 218 valence electrons. The first kappa shape index (κ1) is 32.3. The summed E-state index contributed by atoms with van der Waals surface area (Å²) in [5.41, 5.74) is 4.83. The molecule has 0 spiro atoms. The number of allylic oxidation sites excluding steroid dienone is 5. The van der Waals surface area contributed by atoms with E-state index in [1.54, 1.807) is 6.07 Å². The van der Waals surface area contributed by atoms with Gasteiger partial charge >= 0.3 is 13.6 Å². The summed E-state index contributed by atoms with van der Waals surface area (Å²) in [5.74, 6) is -0.740. The molecule has 0 aliphatic carbocycles. The van der Waals surface area contributed by atoms with Crippen molar-refractivity contribution >= 4 is 41.5 Å². The molecule has 0 amide bonds. The third-order valence-electron chi connectivity index (χ3n) is 7.53. The summed E-state index contributed by atoms with van der Waals surface area (Å²) >= 11 is 0.